The molecule has 142 valence electrons. The maximum absolute atomic E-state index is 13.7. The van der Waals surface area contributed by atoms with Gasteiger partial charge in [0.05, 0.1) is 27.7 Å². The number of aromatic nitrogens is 2. The van der Waals surface area contributed by atoms with E-state index >= 15 is 0 Å². The largest absolute Gasteiger partial charge is 0.384 e. The average molecular weight is 408 g/mol. The molecule has 1 N–H and O–H groups in total. The summed E-state index contributed by atoms with van der Waals surface area (Å²) in [6.07, 6.45) is -0.323. The summed E-state index contributed by atoms with van der Waals surface area (Å²) in [4.78, 5) is 21.9. The third kappa shape index (κ3) is 4.45. The summed E-state index contributed by atoms with van der Waals surface area (Å²) >= 11 is 2.72. The van der Waals surface area contributed by atoms with Gasteiger partial charge in [-0.3, -0.25) is 4.79 Å². The fourth-order valence-electron chi connectivity index (χ4n) is 2.64. The predicted molar refractivity (Wildman–Crippen MR) is 102 cm³/mol. The van der Waals surface area contributed by atoms with Crippen LogP contribution in [0.2, 0.25) is 0 Å². The number of ketones is 1. The smallest absolute Gasteiger partial charge is 0.144 e. The first-order chi connectivity index (χ1) is 12.6. The van der Waals surface area contributed by atoms with Crippen molar-refractivity contribution in [2.24, 2.45) is 0 Å². The SMILES string of the molecule is Cc1nc(C(C)(C)O)c(-c2csc(CC(=O)Cc3c(F)cccc3F)n2)s1. The monoisotopic (exact) mass is 408 g/mol. The van der Waals surface area contributed by atoms with Gasteiger partial charge in [0.1, 0.15) is 28.0 Å². The van der Waals surface area contributed by atoms with Gasteiger partial charge in [0.15, 0.2) is 0 Å². The normalized spacial score (nSPS) is 11.8. The van der Waals surface area contributed by atoms with E-state index in [1.807, 2.05) is 6.92 Å². The number of halogens is 2. The fourth-order valence-corrected chi connectivity index (χ4v) is 4.56. The Balaban J connectivity index is 1.78. The number of hydrogen-bond acceptors (Lipinski definition) is 6. The van der Waals surface area contributed by atoms with Crippen LogP contribution in [0, 0.1) is 18.6 Å². The van der Waals surface area contributed by atoms with E-state index in [-0.39, 0.29) is 24.2 Å². The number of aliphatic hydroxyl groups is 1. The molecule has 0 aliphatic heterocycles. The molecule has 0 saturated carbocycles. The second-order valence-electron chi connectivity index (χ2n) is 6.69. The second kappa shape index (κ2) is 7.53. The third-order valence-electron chi connectivity index (χ3n) is 3.88. The summed E-state index contributed by atoms with van der Waals surface area (Å²) in [7, 11) is 0. The van der Waals surface area contributed by atoms with E-state index in [0.29, 0.717) is 16.4 Å². The Kier molecular flexibility index (Phi) is 5.50. The van der Waals surface area contributed by atoms with Gasteiger partial charge in [0, 0.05) is 17.4 Å². The van der Waals surface area contributed by atoms with Crippen molar-refractivity contribution >= 4 is 28.5 Å². The second-order valence-corrected chi connectivity index (χ2v) is 8.83. The minimum Gasteiger partial charge on any atom is -0.384 e. The molecule has 3 aromatic rings. The first-order valence-corrected chi connectivity index (χ1v) is 9.94. The molecule has 3 rings (SSSR count). The standard InChI is InChI=1S/C19H18F2N2O2S2/c1-10-22-18(19(2,3)25)17(27-10)15-9-26-16(23-15)8-11(24)7-12-13(20)5-4-6-14(12)21/h4-6,9,25H,7-8H2,1-3H3. The molecule has 0 bridgehead atoms. The number of carbonyl (C=O) groups excluding carboxylic acids is 1. The van der Waals surface area contributed by atoms with E-state index in [1.165, 1.54) is 28.7 Å². The van der Waals surface area contributed by atoms with Crippen LogP contribution >= 0.6 is 22.7 Å². The number of thiazole rings is 2. The highest BCUT2D eigenvalue weighted by Crippen LogP contribution is 2.36. The summed E-state index contributed by atoms with van der Waals surface area (Å²) < 4.78 is 27.4. The van der Waals surface area contributed by atoms with Gasteiger partial charge in [-0.15, -0.1) is 22.7 Å². The lowest BCUT2D eigenvalue weighted by molar-refractivity contribution is -0.117. The van der Waals surface area contributed by atoms with E-state index < -0.39 is 17.2 Å². The van der Waals surface area contributed by atoms with Gasteiger partial charge in [-0.2, -0.15) is 0 Å². The molecule has 8 heteroatoms. The molecule has 0 radical (unpaired) electrons. The molecule has 2 aromatic heterocycles. The number of Topliss-reactive ketones (excluding diaryl/α,β-unsaturated/α-hetero) is 1. The highest BCUT2D eigenvalue weighted by molar-refractivity contribution is 7.16. The van der Waals surface area contributed by atoms with Crippen molar-refractivity contribution in [3.05, 3.63) is 56.5 Å². The van der Waals surface area contributed by atoms with E-state index in [1.54, 1.807) is 19.2 Å². The van der Waals surface area contributed by atoms with Crippen LogP contribution in [0.3, 0.4) is 0 Å². The van der Waals surface area contributed by atoms with E-state index in [0.717, 1.165) is 22.0 Å². The van der Waals surface area contributed by atoms with Gasteiger partial charge in [0.2, 0.25) is 0 Å². The van der Waals surface area contributed by atoms with Crippen LogP contribution in [-0.4, -0.2) is 20.9 Å². The number of aryl methyl sites for hydroxylation is 1. The highest BCUT2D eigenvalue weighted by atomic mass is 32.1. The Morgan fingerprint density at radius 2 is 1.85 bits per heavy atom. The van der Waals surface area contributed by atoms with Gasteiger partial charge in [-0.05, 0) is 32.9 Å². The van der Waals surface area contributed by atoms with E-state index in [2.05, 4.69) is 9.97 Å². The Hall–Kier alpha value is -2.03. The molecular weight excluding hydrogens is 390 g/mol. The molecule has 0 aliphatic rings. The molecule has 0 spiro atoms. The van der Waals surface area contributed by atoms with Crippen molar-refractivity contribution in [2.45, 2.75) is 39.2 Å². The lowest BCUT2D eigenvalue weighted by atomic mass is 10.0. The van der Waals surface area contributed by atoms with Crippen molar-refractivity contribution in [1.29, 1.82) is 0 Å². The predicted octanol–water partition coefficient (Wildman–Crippen LogP) is 4.43. The molecule has 0 aliphatic carbocycles. The zero-order valence-corrected chi connectivity index (χ0v) is 16.7. The van der Waals surface area contributed by atoms with Gasteiger partial charge in [-0.25, -0.2) is 18.7 Å². The maximum Gasteiger partial charge on any atom is 0.144 e. The number of benzene rings is 1. The summed E-state index contributed by atoms with van der Waals surface area (Å²) in [5, 5.41) is 13.5. The van der Waals surface area contributed by atoms with Crippen molar-refractivity contribution in [3.63, 3.8) is 0 Å². The van der Waals surface area contributed by atoms with Crippen LogP contribution in [0.1, 0.15) is 35.1 Å². The summed E-state index contributed by atoms with van der Waals surface area (Å²) in [5.41, 5.74) is -0.145. The number of rotatable bonds is 6. The molecule has 0 atom stereocenters. The molecule has 0 unspecified atom stereocenters. The van der Waals surface area contributed by atoms with Crippen LogP contribution in [-0.2, 0) is 23.2 Å². The maximum atomic E-state index is 13.7. The van der Waals surface area contributed by atoms with E-state index in [9.17, 15) is 18.7 Å². The first kappa shape index (κ1) is 19.7. The van der Waals surface area contributed by atoms with Gasteiger partial charge >= 0.3 is 0 Å². The van der Waals surface area contributed by atoms with Crippen LogP contribution in [0.4, 0.5) is 8.78 Å². The molecule has 0 fully saturated rings. The molecule has 0 amide bonds. The number of hydrogen-bond donors (Lipinski definition) is 1. The quantitative estimate of drug-likeness (QED) is 0.655. The van der Waals surface area contributed by atoms with Crippen LogP contribution < -0.4 is 0 Å². The molecule has 4 nitrogen and oxygen atoms in total. The van der Waals surface area contributed by atoms with Crippen molar-refractivity contribution in [1.82, 2.24) is 9.97 Å². The first-order valence-electron chi connectivity index (χ1n) is 8.25. The minimum absolute atomic E-state index is 0.00587. The molecule has 27 heavy (non-hydrogen) atoms. The fraction of sp³-hybridized carbons (Fsp3) is 0.316. The molecule has 0 saturated heterocycles. The van der Waals surface area contributed by atoms with Gasteiger partial charge < -0.3 is 5.11 Å². The minimum atomic E-state index is -1.11. The van der Waals surface area contributed by atoms with Crippen molar-refractivity contribution in [2.75, 3.05) is 0 Å². The number of nitrogens with zero attached hydrogens (tertiary/aromatic N) is 2. The lowest BCUT2D eigenvalue weighted by Crippen LogP contribution is -2.17. The van der Waals surface area contributed by atoms with E-state index in [4.69, 9.17) is 0 Å². The average Bonchev–Trinajstić information content (AvgIpc) is 3.17. The lowest BCUT2D eigenvalue weighted by Gasteiger charge is -2.15. The Bertz CT molecular complexity index is 970. The zero-order chi connectivity index (χ0) is 19.8. The summed E-state index contributed by atoms with van der Waals surface area (Å²) in [6, 6.07) is 3.54. The summed E-state index contributed by atoms with van der Waals surface area (Å²) in [6.45, 7) is 5.17. The number of carbonyl (C=O) groups is 1. The Morgan fingerprint density at radius 1 is 1.19 bits per heavy atom. The summed E-state index contributed by atoms with van der Waals surface area (Å²) in [5.74, 6) is -1.76. The van der Waals surface area contributed by atoms with Crippen LogP contribution in [0.15, 0.2) is 23.6 Å². The highest BCUT2D eigenvalue weighted by Gasteiger charge is 2.26. The third-order valence-corrected chi connectivity index (χ3v) is 5.72. The van der Waals surface area contributed by atoms with Gasteiger partial charge in [0.25, 0.3) is 0 Å². The van der Waals surface area contributed by atoms with Crippen molar-refractivity contribution in [3.8, 4) is 10.6 Å². The van der Waals surface area contributed by atoms with Gasteiger partial charge in [-0.1, -0.05) is 6.07 Å². The van der Waals surface area contributed by atoms with Crippen LogP contribution in [0.5, 0.6) is 0 Å². The molecule has 2 heterocycles. The Morgan fingerprint density at radius 3 is 2.48 bits per heavy atom. The molecule has 1 aromatic carbocycles. The van der Waals surface area contributed by atoms with Crippen LogP contribution in [0.25, 0.3) is 10.6 Å². The molecular formula is C19H18F2N2O2S2. The topological polar surface area (TPSA) is 63.1 Å². The Labute approximate surface area is 163 Å². The zero-order valence-electron chi connectivity index (χ0n) is 15.0. The van der Waals surface area contributed by atoms with Crippen molar-refractivity contribution < 1.29 is 18.7 Å².